The number of ether oxygens (including phenoxy) is 1. The smallest absolute Gasteiger partial charge is 0.149 e. The van der Waals surface area contributed by atoms with Crippen LogP contribution in [0.3, 0.4) is 0 Å². The minimum Gasteiger partial charge on any atom is -0.489 e. The maximum absolute atomic E-state index is 10.0. The monoisotopic (exact) mass is 527 g/mol. The normalized spacial score (nSPS) is 11.4. The van der Waals surface area contributed by atoms with Gasteiger partial charge in [0, 0.05) is 27.9 Å². The first-order valence-corrected chi connectivity index (χ1v) is 12.7. The van der Waals surface area contributed by atoms with Crippen LogP contribution in [-0.4, -0.2) is 19.7 Å². The second kappa shape index (κ2) is 10.7. The lowest BCUT2D eigenvalue weighted by Crippen LogP contribution is -1.96. The van der Waals surface area contributed by atoms with Crippen molar-refractivity contribution >= 4 is 34.3 Å². The minimum atomic E-state index is 0.374. The average molecular weight is 528 g/mol. The molecule has 0 fully saturated rings. The Labute approximate surface area is 230 Å². The van der Waals surface area contributed by atoms with Crippen LogP contribution in [-0.2, 0) is 6.61 Å². The molecular weight excluding hydrogens is 506 g/mol. The molecule has 0 saturated heterocycles. The van der Waals surface area contributed by atoms with Gasteiger partial charge in [-0.25, -0.2) is 9.67 Å². The zero-order valence-electron chi connectivity index (χ0n) is 20.8. The summed E-state index contributed by atoms with van der Waals surface area (Å²) >= 11 is 6.26. The first kappa shape index (κ1) is 24.2. The van der Waals surface area contributed by atoms with Gasteiger partial charge in [0.05, 0.1) is 28.0 Å². The van der Waals surface area contributed by atoms with Gasteiger partial charge in [-0.2, -0.15) is 10.4 Å². The predicted molar refractivity (Wildman–Crippen MR) is 154 cm³/mol. The van der Waals surface area contributed by atoms with E-state index in [1.165, 1.54) is 0 Å². The molecule has 1 N–H and O–H groups in total. The predicted octanol–water partition coefficient (Wildman–Crippen LogP) is 7.71. The summed E-state index contributed by atoms with van der Waals surface area (Å²) in [5, 5.41) is 15.6. The van der Waals surface area contributed by atoms with Crippen molar-refractivity contribution in [2.45, 2.75) is 6.61 Å². The summed E-state index contributed by atoms with van der Waals surface area (Å²) in [6.07, 6.45) is 3.74. The van der Waals surface area contributed by atoms with E-state index in [0.29, 0.717) is 23.0 Å². The minimum absolute atomic E-state index is 0.374. The fourth-order valence-electron chi connectivity index (χ4n) is 4.31. The van der Waals surface area contributed by atoms with Gasteiger partial charge in [0.25, 0.3) is 0 Å². The molecule has 2 heterocycles. The molecule has 0 spiro atoms. The summed E-state index contributed by atoms with van der Waals surface area (Å²) in [6, 6.07) is 35.2. The SMILES string of the molecule is N#CC(=Cc1cn(-c2ccccc2)nc1-c1ccc(OCc2ccccc2Cl)cc1)c1nc2ccccc2[nH]1. The molecule has 0 bridgehead atoms. The molecule has 188 valence electrons. The van der Waals surface area contributed by atoms with E-state index < -0.39 is 0 Å². The molecule has 0 radical (unpaired) electrons. The highest BCUT2D eigenvalue weighted by molar-refractivity contribution is 6.31. The van der Waals surface area contributed by atoms with Gasteiger partial charge in [-0.05, 0) is 60.7 Å². The number of aromatic amines is 1. The van der Waals surface area contributed by atoms with E-state index in [1.54, 1.807) is 0 Å². The molecule has 0 aliphatic rings. The van der Waals surface area contributed by atoms with Crippen LogP contribution in [0.15, 0.2) is 109 Å². The van der Waals surface area contributed by atoms with Crippen molar-refractivity contribution < 1.29 is 4.74 Å². The number of benzene rings is 4. The molecule has 6 aromatic rings. The van der Waals surface area contributed by atoms with Crippen molar-refractivity contribution in [1.82, 2.24) is 19.7 Å². The third-order valence-electron chi connectivity index (χ3n) is 6.31. The highest BCUT2D eigenvalue weighted by Crippen LogP contribution is 2.29. The Morgan fingerprint density at radius 1 is 0.923 bits per heavy atom. The number of hydrogen-bond donors (Lipinski definition) is 1. The number of fused-ring (bicyclic) bond motifs is 1. The molecule has 6 rings (SSSR count). The number of allylic oxidation sites excluding steroid dienone is 1. The van der Waals surface area contributed by atoms with Gasteiger partial charge in [-0.3, -0.25) is 0 Å². The molecule has 39 heavy (non-hydrogen) atoms. The standard InChI is InChI=1S/C32H22ClN5O/c33-28-11-5-4-8-23(28)21-39-27-16-14-22(15-17-27)31-25(20-38(37-31)26-9-2-1-3-10-26)18-24(19-34)32-35-29-12-6-7-13-30(29)36-32/h1-18,20H,21H2,(H,35,36). The van der Waals surface area contributed by atoms with Crippen LogP contribution in [0.4, 0.5) is 0 Å². The van der Waals surface area contributed by atoms with Crippen LogP contribution in [0, 0.1) is 11.3 Å². The maximum Gasteiger partial charge on any atom is 0.149 e. The summed E-state index contributed by atoms with van der Waals surface area (Å²) in [5.74, 6) is 1.23. The molecule has 0 unspecified atom stereocenters. The fraction of sp³-hybridized carbons (Fsp3) is 0.0312. The van der Waals surface area contributed by atoms with Crippen molar-refractivity contribution in [3.8, 4) is 28.8 Å². The summed E-state index contributed by atoms with van der Waals surface area (Å²) < 4.78 is 7.78. The van der Waals surface area contributed by atoms with Crippen LogP contribution in [0.25, 0.3) is 39.6 Å². The molecule has 0 amide bonds. The Hall–Kier alpha value is -5.12. The number of nitriles is 1. The highest BCUT2D eigenvalue weighted by Gasteiger charge is 2.15. The molecule has 4 aromatic carbocycles. The Balaban J connectivity index is 1.36. The van der Waals surface area contributed by atoms with Crippen molar-refractivity contribution in [3.63, 3.8) is 0 Å². The van der Waals surface area contributed by atoms with E-state index in [2.05, 4.69) is 16.0 Å². The number of nitrogens with one attached hydrogen (secondary N) is 1. The van der Waals surface area contributed by atoms with Gasteiger partial charge in [0.1, 0.15) is 24.3 Å². The van der Waals surface area contributed by atoms with E-state index in [1.807, 2.05) is 120 Å². The molecule has 0 aliphatic carbocycles. The number of halogens is 1. The Morgan fingerprint density at radius 2 is 1.67 bits per heavy atom. The third-order valence-corrected chi connectivity index (χ3v) is 6.68. The average Bonchev–Trinajstić information content (AvgIpc) is 3.61. The van der Waals surface area contributed by atoms with E-state index in [4.69, 9.17) is 21.4 Å². The van der Waals surface area contributed by atoms with Crippen molar-refractivity contribution in [2.75, 3.05) is 0 Å². The number of para-hydroxylation sites is 3. The number of rotatable bonds is 7. The van der Waals surface area contributed by atoms with E-state index in [0.717, 1.165) is 44.9 Å². The number of hydrogen-bond acceptors (Lipinski definition) is 4. The van der Waals surface area contributed by atoms with Crippen molar-refractivity contribution in [1.29, 1.82) is 5.26 Å². The molecular formula is C32H22ClN5O. The molecule has 6 nitrogen and oxygen atoms in total. The second-order valence-corrected chi connectivity index (χ2v) is 9.30. The largest absolute Gasteiger partial charge is 0.489 e. The number of nitrogens with zero attached hydrogens (tertiary/aromatic N) is 4. The molecule has 0 saturated carbocycles. The quantitative estimate of drug-likeness (QED) is 0.216. The topological polar surface area (TPSA) is 79.5 Å². The molecule has 7 heteroatoms. The zero-order chi connectivity index (χ0) is 26.6. The first-order valence-electron chi connectivity index (χ1n) is 12.4. The Bertz CT molecular complexity index is 1800. The Morgan fingerprint density at radius 3 is 2.44 bits per heavy atom. The number of imidazole rings is 1. The lowest BCUT2D eigenvalue weighted by molar-refractivity contribution is 0.306. The number of H-pyrrole nitrogens is 1. The number of aromatic nitrogens is 4. The maximum atomic E-state index is 10.0. The summed E-state index contributed by atoms with van der Waals surface area (Å²) in [7, 11) is 0. The van der Waals surface area contributed by atoms with Gasteiger partial charge in [-0.1, -0.05) is 60.1 Å². The van der Waals surface area contributed by atoms with Crippen molar-refractivity contribution in [3.05, 3.63) is 131 Å². The lowest BCUT2D eigenvalue weighted by Gasteiger charge is -2.08. The lowest BCUT2D eigenvalue weighted by atomic mass is 10.1. The van der Waals surface area contributed by atoms with Gasteiger partial charge in [0.2, 0.25) is 0 Å². The fourth-order valence-corrected chi connectivity index (χ4v) is 4.50. The van der Waals surface area contributed by atoms with Gasteiger partial charge >= 0.3 is 0 Å². The van der Waals surface area contributed by atoms with Crippen LogP contribution < -0.4 is 4.74 Å². The molecule has 0 aliphatic heterocycles. The van der Waals surface area contributed by atoms with E-state index >= 15 is 0 Å². The highest BCUT2D eigenvalue weighted by atomic mass is 35.5. The zero-order valence-corrected chi connectivity index (χ0v) is 21.5. The van der Waals surface area contributed by atoms with E-state index in [9.17, 15) is 5.26 Å². The van der Waals surface area contributed by atoms with Crippen LogP contribution >= 0.6 is 11.6 Å². The summed E-state index contributed by atoms with van der Waals surface area (Å²) in [6.45, 7) is 0.374. The second-order valence-electron chi connectivity index (χ2n) is 8.89. The van der Waals surface area contributed by atoms with Crippen LogP contribution in [0.1, 0.15) is 17.0 Å². The van der Waals surface area contributed by atoms with Crippen LogP contribution in [0.5, 0.6) is 5.75 Å². The van der Waals surface area contributed by atoms with E-state index in [-0.39, 0.29) is 0 Å². The van der Waals surface area contributed by atoms with Gasteiger partial charge in [-0.15, -0.1) is 0 Å². The summed E-state index contributed by atoms with van der Waals surface area (Å²) in [4.78, 5) is 7.86. The Kier molecular flexibility index (Phi) is 6.65. The molecule has 2 aromatic heterocycles. The summed E-state index contributed by atoms with van der Waals surface area (Å²) in [5.41, 5.74) is 6.36. The van der Waals surface area contributed by atoms with Gasteiger partial charge in [0.15, 0.2) is 0 Å². The molecule has 0 atom stereocenters. The first-order chi connectivity index (χ1) is 19.2. The van der Waals surface area contributed by atoms with Crippen LogP contribution in [0.2, 0.25) is 5.02 Å². The third kappa shape index (κ3) is 5.17. The van der Waals surface area contributed by atoms with Gasteiger partial charge < -0.3 is 9.72 Å². The van der Waals surface area contributed by atoms with Crippen molar-refractivity contribution in [2.24, 2.45) is 0 Å².